The van der Waals surface area contributed by atoms with Crippen LogP contribution in [-0.4, -0.2) is 75.6 Å². The summed E-state index contributed by atoms with van der Waals surface area (Å²) in [5.74, 6) is -0.319. The number of esters is 1. The Bertz CT molecular complexity index is 1260. The number of carbonyl (C=O) groups is 1. The Labute approximate surface area is 415 Å². The van der Waals surface area contributed by atoms with Crippen LogP contribution >= 0.6 is 7.82 Å². The van der Waals surface area contributed by atoms with Crippen molar-refractivity contribution >= 4 is 13.8 Å². The quantitative estimate of drug-likeness (QED) is 0.0213. The minimum atomic E-state index is -4.29. The lowest BCUT2D eigenvalue weighted by molar-refractivity contribution is -0.870. The van der Waals surface area contributed by atoms with Crippen LogP contribution < -0.4 is 0 Å². The molecule has 0 saturated carbocycles. The third kappa shape index (κ3) is 55.0. The molecule has 0 rings (SSSR count). The van der Waals surface area contributed by atoms with E-state index in [0.29, 0.717) is 24.1 Å². The number of ether oxygens (including phenoxy) is 2. The molecule has 0 aromatic heterocycles. The molecule has 67 heavy (non-hydrogen) atoms. The van der Waals surface area contributed by atoms with Gasteiger partial charge in [-0.05, 0) is 57.8 Å². The molecule has 0 aliphatic heterocycles. The van der Waals surface area contributed by atoms with Gasteiger partial charge in [-0.3, -0.25) is 13.8 Å². The fourth-order valence-corrected chi connectivity index (χ4v) is 8.56. The highest BCUT2D eigenvalue weighted by molar-refractivity contribution is 7.47. The van der Waals surface area contributed by atoms with Gasteiger partial charge in [0.25, 0.3) is 0 Å². The number of nitrogens with zero attached hydrogens (tertiary/aromatic N) is 1. The molecule has 0 radical (unpaired) electrons. The van der Waals surface area contributed by atoms with Gasteiger partial charge in [0.15, 0.2) is 0 Å². The van der Waals surface area contributed by atoms with Crippen molar-refractivity contribution in [2.24, 2.45) is 0 Å². The third-order valence-electron chi connectivity index (χ3n) is 12.1. The molecule has 0 aromatic rings. The van der Waals surface area contributed by atoms with Gasteiger partial charge in [0.2, 0.25) is 0 Å². The van der Waals surface area contributed by atoms with Crippen LogP contribution in [0.1, 0.15) is 245 Å². The van der Waals surface area contributed by atoms with E-state index in [9.17, 15) is 14.3 Å². The topological polar surface area (TPSA) is 91.3 Å². The second-order valence-electron chi connectivity index (χ2n) is 19.9. The molecule has 2 atom stereocenters. The molecule has 0 amide bonds. The highest BCUT2D eigenvalue weighted by atomic mass is 31.2. The summed E-state index contributed by atoms with van der Waals surface area (Å²) in [6.45, 7) is 5.48. The molecule has 0 saturated heterocycles. The first-order valence-corrected chi connectivity index (χ1v) is 29.5. The number of rotatable bonds is 52. The van der Waals surface area contributed by atoms with E-state index in [1.165, 1.54) is 141 Å². The number of carbonyl (C=O) groups excluding carboxylic acids is 1. The van der Waals surface area contributed by atoms with Crippen LogP contribution in [0.3, 0.4) is 0 Å². The van der Waals surface area contributed by atoms with Crippen LogP contribution in [0, 0.1) is 0 Å². The van der Waals surface area contributed by atoms with E-state index in [1.807, 2.05) is 21.1 Å². The van der Waals surface area contributed by atoms with Crippen LogP contribution in [0.25, 0.3) is 0 Å². The van der Waals surface area contributed by atoms with Crippen molar-refractivity contribution < 1.29 is 37.3 Å². The molecule has 0 bridgehead atoms. The van der Waals surface area contributed by atoms with E-state index >= 15 is 0 Å². The number of likely N-dealkylation sites (N-methyl/N-ethyl adjacent to an activating group) is 1. The lowest BCUT2D eigenvalue weighted by Crippen LogP contribution is -2.37. The molecular formula is C58H109NO7P+. The molecule has 0 fully saturated rings. The standard InChI is InChI=1S/C58H108NO7P/c1-6-8-10-12-14-16-18-20-22-24-26-28-29-30-31-32-33-35-37-39-41-43-45-47-49-51-58(60)66-57(56-65-67(61,62)64-54-52-59(3,4)5)55-63-53-50-48-46-44-42-40-38-36-34-27-25-23-21-19-17-15-13-11-9-7-2/h9,11,15,17,21,23,27,34,38,40,57H,6-8,10,12-14,16,18-20,22,24-26,28-33,35-37,39,41-56H2,1-5H3/p+1/b11-9-,17-15-,23-21-,34-27-,40-38-. The first kappa shape index (κ1) is 65.2. The average Bonchev–Trinajstić information content (AvgIpc) is 3.29. The number of allylic oxidation sites excluding steroid dienone is 10. The molecule has 8 nitrogen and oxygen atoms in total. The Morgan fingerprint density at radius 3 is 1.30 bits per heavy atom. The van der Waals surface area contributed by atoms with Gasteiger partial charge in [0, 0.05) is 13.0 Å². The normalized spacial score (nSPS) is 13.9. The molecule has 9 heteroatoms. The number of quaternary nitrogens is 1. The molecule has 0 heterocycles. The van der Waals surface area contributed by atoms with Gasteiger partial charge < -0.3 is 18.9 Å². The molecular weight excluding hydrogens is 854 g/mol. The van der Waals surface area contributed by atoms with Crippen molar-refractivity contribution in [3.05, 3.63) is 60.8 Å². The lowest BCUT2D eigenvalue weighted by atomic mass is 10.0. The maximum Gasteiger partial charge on any atom is 0.472 e. The van der Waals surface area contributed by atoms with Crippen LogP contribution in [0.5, 0.6) is 0 Å². The number of phosphoric ester groups is 1. The minimum Gasteiger partial charge on any atom is -0.457 e. The monoisotopic (exact) mass is 963 g/mol. The zero-order valence-electron chi connectivity index (χ0n) is 44.6. The van der Waals surface area contributed by atoms with Crippen LogP contribution in [0.2, 0.25) is 0 Å². The zero-order valence-corrected chi connectivity index (χ0v) is 45.5. The zero-order chi connectivity index (χ0) is 49.0. The van der Waals surface area contributed by atoms with Gasteiger partial charge in [-0.25, -0.2) is 4.57 Å². The Kier molecular flexibility index (Phi) is 49.2. The summed E-state index contributed by atoms with van der Waals surface area (Å²) in [4.78, 5) is 23.1. The molecule has 0 aliphatic rings. The molecule has 0 aromatic carbocycles. The van der Waals surface area contributed by atoms with E-state index in [2.05, 4.69) is 74.6 Å². The highest BCUT2D eigenvalue weighted by Crippen LogP contribution is 2.43. The van der Waals surface area contributed by atoms with Gasteiger partial charge in [0.05, 0.1) is 34.4 Å². The van der Waals surface area contributed by atoms with E-state index in [-0.39, 0.29) is 25.8 Å². The van der Waals surface area contributed by atoms with E-state index < -0.39 is 13.9 Å². The first-order valence-electron chi connectivity index (χ1n) is 28.0. The van der Waals surface area contributed by atoms with E-state index in [1.54, 1.807) is 0 Å². The fraction of sp³-hybridized carbons (Fsp3) is 0.810. The largest absolute Gasteiger partial charge is 0.472 e. The van der Waals surface area contributed by atoms with E-state index in [4.69, 9.17) is 18.5 Å². The summed E-state index contributed by atoms with van der Waals surface area (Å²) < 4.78 is 35.2. The predicted molar refractivity (Wildman–Crippen MR) is 289 cm³/mol. The van der Waals surface area contributed by atoms with Crippen LogP contribution in [0.4, 0.5) is 0 Å². The van der Waals surface area contributed by atoms with Gasteiger partial charge in [-0.1, -0.05) is 242 Å². The maximum absolute atomic E-state index is 12.8. The molecule has 2 unspecified atom stereocenters. The molecule has 0 spiro atoms. The van der Waals surface area contributed by atoms with Crippen LogP contribution in [0.15, 0.2) is 60.8 Å². The Balaban J connectivity index is 4.10. The predicted octanol–water partition coefficient (Wildman–Crippen LogP) is 17.6. The average molecular weight is 963 g/mol. The van der Waals surface area contributed by atoms with Gasteiger partial charge in [-0.15, -0.1) is 0 Å². The summed E-state index contributed by atoms with van der Waals surface area (Å²) in [6, 6.07) is 0. The maximum atomic E-state index is 12.8. The third-order valence-corrected chi connectivity index (χ3v) is 13.1. The van der Waals surface area contributed by atoms with Crippen molar-refractivity contribution in [3.8, 4) is 0 Å². The van der Waals surface area contributed by atoms with Crippen molar-refractivity contribution in [2.45, 2.75) is 251 Å². The van der Waals surface area contributed by atoms with Crippen molar-refractivity contribution in [2.75, 3.05) is 54.1 Å². The van der Waals surface area contributed by atoms with Crippen LogP contribution in [-0.2, 0) is 27.9 Å². The number of unbranched alkanes of at least 4 members (excludes halogenated alkanes) is 28. The number of hydrogen-bond acceptors (Lipinski definition) is 6. The smallest absolute Gasteiger partial charge is 0.457 e. The number of hydrogen-bond donors (Lipinski definition) is 1. The molecule has 1 N–H and O–H groups in total. The minimum absolute atomic E-state index is 0.0822. The Morgan fingerprint density at radius 1 is 0.478 bits per heavy atom. The van der Waals surface area contributed by atoms with Crippen molar-refractivity contribution in [1.29, 1.82) is 0 Å². The first-order chi connectivity index (χ1) is 32.6. The molecule has 0 aliphatic carbocycles. The van der Waals surface area contributed by atoms with E-state index in [0.717, 1.165) is 83.5 Å². The second-order valence-corrected chi connectivity index (χ2v) is 21.4. The summed E-state index contributed by atoms with van der Waals surface area (Å²) in [7, 11) is 1.65. The Morgan fingerprint density at radius 2 is 0.866 bits per heavy atom. The van der Waals surface area contributed by atoms with Crippen molar-refractivity contribution in [3.63, 3.8) is 0 Å². The van der Waals surface area contributed by atoms with Gasteiger partial charge in [0.1, 0.15) is 19.3 Å². The fourth-order valence-electron chi connectivity index (χ4n) is 7.82. The molecule has 392 valence electrons. The second kappa shape index (κ2) is 50.6. The summed E-state index contributed by atoms with van der Waals surface area (Å²) in [5, 5.41) is 0. The van der Waals surface area contributed by atoms with Gasteiger partial charge in [-0.2, -0.15) is 0 Å². The van der Waals surface area contributed by atoms with Crippen molar-refractivity contribution in [1.82, 2.24) is 0 Å². The SMILES string of the molecule is CC/C=C\C/C=C\C/C=C\C/C=C\C/C=C\CCCCCCOCC(COP(=O)(O)OCC[N+](C)(C)C)OC(=O)CCCCCCCCCCCCCCCCCCCCCCCCCCC. The summed E-state index contributed by atoms with van der Waals surface area (Å²) >= 11 is 0. The Hall–Kier alpha value is -1.80. The highest BCUT2D eigenvalue weighted by Gasteiger charge is 2.26. The number of phosphoric acid groups is 1. The lowest BCUT2D eigenvalue weighted by Gasteiger charge is -2.24. The summed E-state index contributed by atoms with van der Waals surface area (Å²) in [6.07, 6.45) is 65.7. The summed E-state index contributed by atoms with van der Waals surface area (Å²) in [5.41, 5.74) is 0. The van der Waals surface area contributed by atoms with Gasteiger partial charge >= 0.3 is 13.8 Å².